The van der Waals surface area contributed by atoms with Gasteiger partial charge in [-0.2, -0.15) is 0 Å². The van der Waals surface area contributed by atoms with Crippen molar-refractivity contribution in [1.82, 2.24) is 0 Å². The zero-order chi connectivity index (χ0) is 12.2. The van der Waals surface area contributed by atoms with Crippen molar-refractivity contribution in [3.63, 3.8) is 0 Å². The van der Waals surface area contributed by atoms with Crippen molar-refractivity contribution in [1.29, 1.82) is 0 Å². The summed E-state index contributed by atoms with van der Waals surface area (Å²) in [5, 5.41) is 0. The van der Waals surface area contributed by atoms with E-state index in [0.717, 1.165) is 6.42 Å². The number of hydrogen-bond donors (Lipinski definition) is 1. The maximum absolute atomic E-state index is 11.3. The van der Waals surface area contributed by atoms with Crippen LogP contribution in [0.1, 0.15) is 41.0 Å². The number of rotatable bonds is 5. The van der Waals surface area contributed by atoms with Crippen molar-refractivity contribution in [2.75, 3.05) is 0 Å². The molecule has 0 saturated heterocycles. The molecular formula is C12H23NO2. The van der Waals surface area contributed by atoms with Crippen LogP contribution in [0.4, 0.5) is 0 Å². The number of carbonyl (C=O) groups is 1. The van der Waals surface area contributed by atoms with Crippen molar-refractivity contribution in [3.05, 3.63) is 12.2 Å². The van der Waals surface area contributed by atoms with E-state index in [2.05, 4.69) is 6.58 Å². The molecule has 0 amide bonds. The zero-order valence-corrected chi connectivity index (χ0v) is 10.5. The van der Waals surface area contributed by atoms with Crippen molar-refractivity contribution in [2.24, 2.45) is 11.7 Å². The van der Waals surface area contributed by atoms with Crippen molar-refractivity contribution in [3.8, 4) is 0 Å². The lowest BCUT2D eigenvalue weighted by molar-refractivity contribution is -0.147. The predicted octanol–water partition coefficient (Wildman–Crippen LogP) is 2.26. The normalized spacial score (nSPS) is 15.6. The van der Waals surface area contributed by atoms with Crippen molar-refractivity contribution in [2.45, 2.75) is 52.7 Å². The summed E-state index contributed by atoms with van der Waals surface area (Å²) in [4.78, 5) is 11.3. The molecule has 88 valence electrons. The number of esters is 1. The van der Waals surface area contributed by atoms with E-state index in [4.69, 9.17) is 10.5 Å². The minimum atomic E-state index is -0.344. The van der Waals surface area contributed by atoms with E-state index in [-0.39, 0.29) is 23.5 Å². The lowest BCUT2D eigenvalue weighted by Gasteiger charge is -2.34. The molecule has 3 nitrogen and oxygen atoms in total. The van der Waals surface area contributed by atoms with Crippen LogP contribution in [0.2, 0.25) is 0 Å². The second kappa shape index (κ2) is 5.31. The Morgan fingerprint density at radius 2 is 2.00 bits per heavy atom. The largest absolute Gasteiger partial charge is 0.459 e. The molecule has 0 saturated carbocycles. The Kier molecular flexibility index (Phi) is 5.01. The Morgan fingerprint density at radius 1 is 1.53 bits per heavy atom. The van der Waals surface area contributed by atoms with Crippen LogP contribution in [0, 0.1) is 5.92 Å². The molecule has 2 unspecified atom stereocenters. The first-order valence-electron chi connectivity index (χ1n) is 5.35. The quantitative estimate of drug-likeness (QED) is 0.563. The fraction of sp³-hybridized carbons (Fsp3) is 0.750. The molecule has 0 fully saturated rings. The SMILES string of the molecule is C=C(C)C(=O)OC(C)C(CC)C(C)(C)N. The van der Waals surface area contributed by atoms with Gasteiger partial charge in [0.05, 0.1) is 0 Å². The first-order valence-corrected chi connectivity index (χ1v) is 5.35. The molecule has 0 aliphatic heterocycles. The summed E-state index contributed by atoms with van der Waals surface area (Å²) < 4.78 is 5.27. The Morgan fingerprint density at radius 3 is 2.27 bits per heavy atom. The van der Waals surface area contributed by atoms with Gasteiger partial charge in [0.1, 0.15) is 6.10 Å². The Bertz CT molecular complexity index is 240. The summed E-state index contributed by atoms with van der Waals surface area (Å²) in [7, 11) is 0. The highest BCUT2D eigenvalue weighted by Gasteiger charge is 2.30. The van der Waals surface area contributed by atoms with Gasteiger partial charge in [0.2, 0.25) is 0 Å². The van der Waals surface area contributed by atoms with Gasteiger partial charge in [-0.1, -0.05) is 13.5 Å². The van der Waals surface area contributed by atoms with Crippen LogP contribution in [0.3, 0.4) is 0 Å². The van der Waals surface area contributed by atoms with E-state index in [0.29, 0.717) is 5.57 Å². The molecule has 15 heavy (non-hydrogen) atoms. The van der Waals surface area contributed by atoms with Gasteiger partial charge in [-0.15, -0.1) is 0 Å². The van der Waals surface area contributed by atoms with E-state index < -0.39 is 0 Å². The lowest BCUT2D eigenvalue weighted by atomic mass is 9.82. The van der Waals surface area contributed by atoms with Crippen LogP contribution < -0.4 is 5.73 Å². The van der Waals surface area contributed by atoms with E-state index in [9.17, 15) is 4.79 Å². The molecule has 0 aliphatic carbocycles. The molecule has 0 bridgehead atoms. The minimum Gasteiger partial charge on any atom is -0.459 e. The second-order valence-corrected chi connectivity index (χ2v) is 4.73. The van der Waals surface area contributed by atoms with E-state index in [1.54, 1.807) is 6.92 Å². The maximum atomic E-state index is 11.3. The lowest BCUT2D eigenvalue weighted by Crippen LogP contribution is -2.46. The highest BCUT2D eigenvalue weighted by molar-refractivity contribution is 5.87. The topological polar surface area (TPSA) is 52.3 Å². The molecule has 3 heteroatoms. The van der Waals surface area contributed by atoms with Crippen LogP contribution in [-0.2, 0) is 9.53 Å². The summed E-state index contributed by atoms with van der Waals surface area (Å²) >= 11 is 0. The number of carbonyl (C=O) groups excluding carboxylic acids is 1. The Labute approximate surface area is 92.7 Å². The summed E-state index contributed by atoms with van der Waals surface area (Å²) in [6.45, 7) is 13.0. The predicted molar refractivity (Wildman–Crippen MR) is 62.4 cm³/mol. The van der Waals surface area contributed by atoms with Gasteiger partial charge in [0.25, 0.3) is 0 Å². The summed E-state index contributed by atoms with van der Waals surface area (Å²) in [6.07, 6.45) is 0.702. The fourth-order valence-electron chi connectivity index (χ4n) is 1.81. The third kappa shape index (κ3) is 4.47. The molecule has 0 aromatic carbocycles. The van der Waals surface area contributed by atoms with Crippen molar-refractivity contribution >= 4 is 5.97 Å². The molecule has 2 N–H and O–H groups in total. The number of nitrogens with two attached hydrogens (primary N) is 1. The van der Waals surface area contributed by atoms with Crippen LogP contribution in [0.25, 0.3) is 0 Å². The molecular weight excluding hydrogens is 190 g/mol. The van der Waals surface area contributed by atoms with Gasteiger partial charge < -0.3 is 10.5 Å². The highest BCUT2D eigenvalue weighted by atomic mass is 16.5. The first-order chi connectivity index (χ1) is 6.70. The minimum absolute atomic E-state index is 0.154. The zero-order valence-electron chi connectivity index (χ0n) is 10.5. The van der Waals surface area contributed by atoms with Gasteiger partial charge >= 0.3 is 5.97 Å². The van der Waals surface area contributed by atoms with E-state index >= 15 is 0 Å². The van der Waals surface area contributed by atoms with Gasteiger partial charge in [-0.05, 0) is 34.1 Å². The van der Waals surface area contributed by atoms with Gasteiger partial charge in [0, 0.05) is 17.0 Å². The standard InChI is InChI=1S/C12H23NO2/c1-7-10(12(5,6)13)9(4)15-11(14)8(2)3/h9-10H,2,7,13H2,1,3-6H3. The average molecular weight is 213 g/mol. The van der Waals surface area contributed by atoms with Gasteiger partial charge in [0.15, 0.2) is 0 Å². The smallest absolute Gasteiger partial charge is 0.333 e. The first kappa shape index (κ1) is 14.2. The van der Waals surface area contributed by atoms with Crippen LogP contribution in [0.5, 0.6) is 0 Å². The van der Waals surface area contributed by atoms with E-state index in [1.165, 1.54) is 0 Å². The summed E-state index contributed by atoms with van der Waals surface area (Å²) in [5.41, 5.74) is 6.11. The fourth-order valence-corrected chi connectivity index (χ4v) is 1.81. The second-order valence-electron chi connectivity index (χ2n) is 4.73. The number of ether oxygens (including phenoxy) is 1. The molecule has 0 aromatic heterocycles. The summed E-state index contributed by atoms with van der Waals surface area (Å²) in [6, 6.07) is 0. The molecule has 0 heterocycles. The average Bonchev–Trinajstić information content (AvgIpc) is 2.01. The number of hydrogen-bond acceptors (Lipinski definition) is 3. The molecule has 0 spiro atoms. The molecule has 0 aromatic rings. The molecule has 0 rings (SSSR count). The third-order valence-corrected chi connectivity index (χ3v) is 2.60. The third-order valence-electron chi connectivity index (χ3n) is 2.60. The monoisotopic (exact) mass is 213 g/mol. The summed E-state index contributed by atoms with van der Waals surface area (Å²) in [5.74, 6) is -0.189. The molecule has 2 atom stereocenters. The Balaban J connectivity index is 4.48. The maximum Gasteiger partial charge on any atom is 0.333 e. The molecule has 0 aliphatic rings. The van der Waals surface area contributed by atoms with Gasteiger partial charge in [-0.25, -0.2) is 4.79 Å². The van der Waals surface area contributed by atoms with Crippen LogP contribution in [-0.4, -0.2) is 17.6 Å². The van der Waals surface area contributed by atoms with Crippen LogP contribution in [0.15, 0.2) is 12.2 Å². The molecule has 0 radical (unpaired) electrons. The van der Waals surface area contributed by atoms with Gasteiger partial charge in [-0.3, -0.25) is 0 Å². The Hall–Kier alpha value is -0.830. The van der Waals surface area contributed by atoms with Crippen LogP contribution >= 0.6 is 0 Å². The van der Waals surface area contributed by atoms with Crippen molar-refractivity contribution < 1.29 is 9.53 Å². The van der Waals surface area contributed by atoms with E-state index in [1.807, 2.05) is 27.7 Å². The highest BCUT2D eigenvalue weighted by Crippen LogP contribution is 2.23.